The van der Waals surface area contributed by atoms with Crippen molar-refractivity contribution in [3.8, 4) is 16.9 Å². The molecule has 33 heavy (non-hydrogen) atoms. The highest BCUT2D eigenvalue weighted by molar-refractivity contribution is 7.15. The Hall–Kier alpha value is -2.30. The van der Waals surface area contributed by atoms with Gasteiger partial charge in [-0.25, -0.2) is 4.98 Å². The molecule has 1 aliphatic carbocycles. The lowest BCUT2D eigenvalue weighted by Gasteiger charge is -2.38. The van der Waals surface area contributed by atoms with Crippen LogP contribution in [0.15, 0.2) is 36.7 Å². The molecule has 176 valence electrons. The van der Waals surface area contributed by atoms with Crippen LogP contribution < -0.4 is 4.90 Å². The monoisotopic (exact) mass is 486 g/mol. The number of imidazole rings is 1. The molecule has 3 aromatic rings. The van der Waals surface area contributed by atoms with E-state index < -0.39 is 0 Å². The summed E-state index contributed by atoms with van der Waals surface area (Å²) < 4.78 is 2.10. The van der Waals surface area contributed by atoms with Gasteiger partial charge in [-0.3, -0.25) is 9.20 Å². The number of amides is 1. The maximum absolute atomic E-state index is 12.6. The first kappa shape index (κ1) is 23.8. The first-order valence-electron chi connectivity index (χ1n) is 11.8. The lowest BCUT2D eigenvalue weighted by Crippen LogP contribution is -2.51. The van der Waals surface area contributed by atoms with Crippen molar-refractivity contribution in [2.75, 3.05) is 31.1 Å². The minimum absolute atomic E-state index is 0.153. The van der Waals surface area contributed by atoms with Crippen LogP contribution in [0.2, 0.25) is 5.02 Å². The Balaban J connectivity index is 0.00000126. The Bertz CT molecular complexity index is 1140. The zero-order valence-corrected chi connectivity index (χ0v) is 21.2. The minimum Gasteiger partial charge on any atom is -0.508 e. The van der Waals surface area contributed by atoms with E-state index in [1.54, 1.807) is 12.1 Å². The van der Waals surface area contributed by atoms with Gasteiger partial charge in [0.25, 0.3) is 0 Å². The number of aromatic nitrogens is 2. The highest BCUT2D eigenvalue weighted by atomic mass is 35.5. The van der Waals surface area contributed by atoms with Crippen LogP contribution in [0.1, 0.15) is 38.7 Å². The number of hydrogen-bond acceptors (Lipinski definition) is 4. The van der Waals surface area contributed by atoms with Gasteiger partial charge < -0.3 is 14.9 Å². The number of fused-ring (bicyclic) bond motifs is 1. The lowest BCUT2D eigenvalue weighted by molar-refractivity contribution is -0.138. The van der Waals surface area contributed by atoms with Crippen LogP contribution in [0.5, 0.6) is 5.75 Å². The number of hydrogen-bond donors (Lipinski definition) is 1. The Kier molecular flexibility index (Phi) is 7.45. The predicted octanol–water partition coefficient (Wildman–Crippen LogP) is 5.21. The number of rotatable bonds is 4. The molecule has 6 nitrogen and oxygen atoms in total. The van der Waals surface area contributed by atoms with Gasteiger partial charge in [-0.2, -0.15) is 0 Å². The fraction of sp³-hybridized carbons (Fsp3) is 0.440. The second-order valence-electron chi connectivity index (χ2n) is 8.37. The quantitative estimate of drug-likeness (QED) is 0.514. The van der Waals surface area contributed by atoms with Crippen molar-refractivity contribution in [3.63, 3.8) is 0 Å². The minimum atomic E-state index is 0.153. The maximum atomic E-state index is 12.6. The smallest absolute Gasteiger partial charge is 0.225 e. The average Bonchev–Trinajstić information content (AvgIpc) is 3.21. The zero-order chi connectivity index (χ0) is 23.5. The number of piperazine rings is 1. The van der Waals surface area contributed by atoms with Crippen LogP contribution in [0.25, 0.3) is 16.8 Å². The molecule has 2 aromatic heterocycles. The second kappa shape index (κ2) is 10.3. The van der Waals surface area contributed by atoms with Gasteiger partial charge in [0, 0.05) is 49.4 Å². The maximum Gasteiger partial charge on any atom is 0.225 e. The summed E-state index contributed by atoms with van der Waals surface area (Å²) in [5, 5.41) is 10.3. The molecule has 0 bridgehead atoms. The molecule has 8 heteroatoms. The van der Waals surface area contributed by atoms with Crippen molar-refractivity contribution < 1.29 is 9.90 Å². The van der Waals surface area contributed by atoms with E-state index in [0.29, 0.717) is 10.9 Å². The fourth-order valence-electron chi connectivity index (χ4n) is 4.49. The van der Waals surface area contributed by atoms with Crippen molar-refractivity contribution in [1.82, 2.24) is 14.3 Å². The predicted molar refractivity (Wildman–Crippen MR) is 138 cm³/mol. The van der Waals surface area contributed by atoms with Crippen LogP contribution in [0.4, 0.5) is 5.82 Å². The molecule has 0 radical (unpaired) electrons. The summed E-state index contributed by atoms with van der Waals surface area (Å²) in [6.07, 6.45) is 8.05. The standard InChI is InChI=1S/C23H26ClN4O2P.C2H6/c24-20-11-17(29)4-5-18(20)19-13-28-21(10-16(19)14-31)25-12-22(28)26-6-8-27(9-7-26)23(30)15-2-1-3-15;1-2/h4-5,10-13,15,29H,1-3,6-9,14,31H2;1-2H3. The third kappa shape index (κ3) is 4.69. The van der Waals surface area contributed by atoms with E-state index in [4.69, 9.17) is 11.6 Å². The van der Waals surface area contributed by atoms with Crippen LogP contribution in [0.3, 0.4) is 0 Å². The molecule has 3 heterocycles. The van der Waals surface area contributed by atoms with Gasteiger partial charge in [0.2, 0.25) is 5.91 Å². The summed E-state index contributed by atoms with van der Waals surface area (Å²) in [4.78, 5) is 21.5. The van der Waals surface area contributed by atoms with E-state index in [9.17, 15) is 9.90 Å². The SMILES string of the molecule is CC.O=C(C1CCC1)N1CCN(c2cnc3cc(CP)c(-c4ccc(O)cc4Cl)cn23)CC1. The summed E-state index contributed by atoms with van der Waals surface area (Å²) >= 11 is 6.45. The molecular formula is C25H32ClN4O2P. The van der Waals surface area contributed by atoms with E-state index in [0.717, 1.165) is 73.3 Å². The number of carbonyl (C=O) groups is 1. The molecule has 1 saturated heterocycles. The summed E-state index contributed by atoms with van der Waals surface area (Å²) in [7, 11) is 2.77. The summed E-state index contributed by atoms with van der Waals surface area (Å²) in [6.45, 7) is 7.10. The number of pyridine rings is 1. The van der Waals surface area contributed by atoms with Gasteiger partial charge in [0.15, 0.2) is 0 Å². The first-order valence-corrected chi connectivity index (χ1v) is 13.0. The lowest BCUT2D eigenvalue weighted by atomic mass is 9.84. The fourth-order valence-corrected chi connectivity index (χ4v) is 5.10. The highest BCUT2D eigenvalue weighted by Crippen LogP contribution is 2.35. The van der Waals surface area contributed by atoms with Crippen molar-refractivity contribution in [3.05, 3.63) is 47.2 Å². The molecule has 2 aliphatic rings. The highest BCUT2D eigenvalue weighted by Gasteiger charge is 2.31. The van der Waals surface area contributed by atoms with Gasteiger partial charge in [-0.1, -0.05) is 31.9 Å². The second-order valence-corrected chi connectivity index (χ2v) is 9.18. The molecule has 1 amide bonds. The summed E-state index contributed by atoms with van der Waals surface area (Å²) in [6, 6.07) is 7.17. The van der Waals surface area contributed by atoms with E-state index in [1.807, 2.05) is 31.0 Å². The Labute approximate surface area is 202 Å². The number of phenolic OH excluding ortho intramolecular Hbond substituents is 1. The Morgan fingerprint density at radius 3 is 2.48 bits per heavy atom. The molecule has 1 unspecified atom stereocenters. The average molecular weight is 487 g/mol. The topological polar surface area (TPSA) is 61.1 Å². The molecular weight excluding hydrogens is 455 g/mol. The third-order valence-electron chi connectivity index (χ3n) is 6.55. The van der Waals surface area contributed by atoms with Crippen molar-refractivity contribution in [1.29, 1.82) is 0 Å². The number of nitrogens with zero attached hydrogens (tertiary/aromatic N) is 4. The van der Waals surface area contributed by atoms with Gasteiger partial charge in [-0.15, -0.1) is 9.24 Å². The summed E-state index contributed by atoms with van der Waals surface area (Å²) in [5.74, 6) is 1.76. The molecule has 5 rings (SSSR count). The van der Waals surface area contributed by atoms with Gasteiger partial charge in [-0.05, 0) is 48.8 Å². The van der Waals surface area contributed by atoms with Crippen molar-refractivity contribution in [2.24, 2.45) is 5.92 Å². The normalized spacial score (nSPS) is 16.4. The zero-order valence-electron chi connectivity index (χ0n) is 19.3. The van der Waals surface area contributed by atoms with Gasteiger partial charge in [0.1, 0.15) is 17.2 Å². The largest absolute Gasteiger partial charge is 0.508 e. The number of carbonyl (C=O) groups excluding carboxylic acids is 1. The molecule has 1 aromatic carbocycles. The number of aromatic hydroxyl groups is 1. The number of halogens is 1. The molecule has 1 N–H and O–H groups in total. The molecule has 1 aliphatic heterocycles. The Morgan fingerprint density at radius 1 is 1.15 bits per heavy atom. The van der Waals surface area contributed by atoms with Gasteiger partial charge >= 0.3 is 0 Å². The van der Waals surface area contributed by atoms with Crippen LogP contribution in [-0.4, -0.2) is 51.5 Å². The van der Waals surface area contributed by atoms with Crippen LogP contribution in [-0.2, 0) is 11.0 Å². The number of anilines is 1. The first-order chi connectivity index (χ1) is 16.0. The van der Waals surface area contributed by atoms with E-state index >= 15 is 0 Å². The molecule has 2 fully saturated rings. The Morgan fingerprint density at radius 2 is 1.88 bits per heavy atom. The van der Waals surface area contributed by atoms with E-state index in [2.05, 4.69) is 35.8 Å². The van der Waals surface area contributed by atoms with Crippen molar-refractivity contribution in [2.45, 2.75) is 39.3 Å². The van der Waals surface area contributed by atoms with Gasteiger partial charge in [0.05, 0.1) is 11.2 Å². The van der Waals surface area contributed by atoms with Crippen molar-refractivity contribution >= 4 is 38.2 Å². The van der Waals surface area contributed by atoms with E-state index in [1.165, 1.54) is 6.42 Å². The molecule has 1 atom stereocenters. The number of phenols is 1. The van der Waals surface area contributed by atoms with E-state index in [-0.39, 0.29) is 11.7 Å². The summed E-state index contributed by atoms with van der Waals surface area (Å²) in [5.41, 5.74) is 3.91. The molecule has 1 saturated carbocycles. The molecule has 0 spiro atoms. The van der Waals surface area contributed by atoms with Crippen LogP contribution >= 0.6 is 20.8 Å². The number of benzene rings is 1. The van der Waals surface area contributed by atoms with Crippen LogP contribution in [0, 0.1) is 5.92 Å². The third-order valence-corrected chi connectivity index (χ3v) is 7.30.